The number of hydrogen-bond acceptors (Lipinski definition) is 13. The third kappa shape index (κ3) is 10.5. The number of aliphatic carboxylic acids is 1. The fourth-order valence-corrected chi connectivity index (χ4v) is 10.7. The number of nitrogens with zero attached hydrogens (tertiary/aromatic N) is 7. The summed E-state index contributed by atoms with van der Waals surface area (Å²) < 4.78 is 16.1. The minimum absolute atomic E-state index is 0.101. The Labute approximate surface area is 430 Å². The fraction of sp³-hybridized carbons (Fsp3) is 0.286. The van der Waals surface area contributed by atoms with Gasteiger partial charge in [0.05, 0.1) is 22.9 Å². The number of ether oxygens (including phenoxy) is 2. The number of piperidine rings is 2. The molecule has 75 heavy (non-hydrogen) atoms. The number of rotatable bonds is 10. The topological polar surface area (TPSA) is 267 Å². The lowest BCUT2D eigenvalue weighted by molar-refractivity contribution is -0.131. The molecule has 2 aliphatic carbocycles. The molecule has 8 N–H and O–H groups in total. The van der Waals surface area contributed by atoms with Crippen molar-refractivity contribution in [3.63, 3.8) is 0 Å². The van der Waals surface area contributed by atoms with Gasteiger partial charge in [0, 0.05) is 62.5 Å². The molecular weight excluding hydrogens is 953 g/mol. The second-order valence-corrected chi connectivity index (χ2v) is 19.1. The first kappa shape index (κ1) is 49.7. The van der Waals surface area contributed by atoms with E-state index in [0.717, 1.165) is 93.2 Å². The molecule has 0 bridgehead atoms. The molecule has 0 unspecified atom stereocenters. The molecular formula is C56H58N12O7. The van der Waals surface area contributed by atoms with Crippen molar-refractivity contribution in [3.8, 4) is 34.0 Å². The van der Waals surface area contributed by atoms with Crippen molar-refractivity contribution >= 4 is 45.3 Å². The first-order valence-corrected chi connectivity index (χ1v) is 25.1. The SMILES string of the molecule is C=CC(=O)N1CCC[C@@H](n2nc(-c3ccc(OC4Cc5ccccc5C4)cc3)c3c(N)n[nH]c(=O)c32)C1.C=CC(=O)O.Nc1n[nH]c(=O)c2c1c(-c1ccc(OC3Cc4ccccc4C3)cc1)nn2[C@@H]1CCCNC1. The van der Waals surface area contributed by atoms with Crippen molar-refractivity contribution in [2.75, 3.05) is 37.6 Å². The van der Waals surface area contributed by atoms with Crippen LogP contribution in [-0.2, 0) is 35.3 Å². The van der Waals surface area contributed by atoms with Crippen LogP contribution in [0.1, 0.15) is 60.0 Å². The summed E-state index contributed by atoms with van der Waals surface area (Å²) in [5.41, 5.74) is 21.0. The summed E-state index contributed by atoms with van der Waals surface area (Å²) in [5, 5.41) is 34.8. The van der Waals surface area contributed by atoms with Gasteiger partial charge in [0.2, 0.25) is 5.91 Å². The van der Waals surface area contributed by atoms with Crippen LogP contribution in [0.3, 0.4) is 0 Å². The van der Waals surface area contributed by atoms with E-state index in [1.807, 2.05) is 53.2 Å². The molecule has 384 valence electrons. The molecule has 2 fully saturated rings. The zero-order valence-electron chi connectivity index (χ0n) is 41.3. The van der Waals surface area contributed by atoms with Crippen molar-refractivity contribution < 1.29 is 24.2 Å². The number of benzene rings is 4. The average molecular weight is 1010 g/mol. The quantitative estimate of drug-likeness (QED) is 0.0815. The highest BCUT2D eigenvalue weighted by molar-refractivity contribution is 6.00. The highest BCUT2D eigenvalue weighted by Gasteiger charge is 2.30. The number of likely N-dealkylation sites (tertiary alicyclic amines) is 1. The van der Waals surface area contributed by atoms with E-state index < -0.39 is 5.97 Å². The molecule has 0 radical (unpaired) electrons. The smallest absolute Gasteiger partial charge is 0.327 e. The van der Waals surface area contributed by atoms with E-state index >= 15 is 0 Å². The van der Waals surface area contributed by atoms with Gasteiger partial charge in [0.1, 0.15) is 46.1 Å². The first-order chi connectivity index (χ1) is 36.5. The van der Waals surface area contributed by atoms with Gasteiger partial charge in [-0.05, 0) is 109 Å². The molecule has 0 spiro atoms. The van der Waals surface area contributed by atoms with Crippen LogP contribution in [0.5, 0.6) is 11.5 Å². The molecule has 6 heterocycles. The molecule has 2 atom stereocenters. The zero-order chi connectivity index (χ0) is 52.2. The van der Waals surface area contributed by atoms with Crippen molar-refractivity contribution in [2.24, 2.45) is 0 Å². The second-order valence-electron chi connectivity index (χ2n) is 19.1. The molecule has 8 aromatic rings. The van der Waals surface area contributed by atoms with Gasteiger partial charge >= 0.3 is 5.97 Å². The third-order valence-corrected chi connectivity index (χ3v) is 14.2. The number of nitrogens with two attached hydrogens (primary N) is 2. The number of carboxylic acids is 1. The van der Waals surface area contributed by atoms with Gasteiger partial charge in [-0.15, -0.1) is 0 Å². The van der Waals surface area contributed by atoms with E-state index in [2.05, 4.69) is 87.4 Å². The average Bonchev–Trinajstić information content (AvgIpc) is 4.26. The minimum Gasteiger partial charge on any atom is -0.490 e. The number of carboxylic acid groups (broad SMARTS) is 1. The predicted octanol–water partition coefficient (Wildman–Crippen LogP) is 6.36. The summed E-state index contributed by atoms with van der Waals surface area (Å²) in [6.45, 7) is 9.41. The van der Waals surface area contributed by atoms with Crippen molar-refractivity contribution in [3.05, 3.63) is 165 Å². The Bertz CT molecular complexity index is 3490. The van der Waals surface area contributed by atoms with E-state index in [1.165, 1.54) is 28.3 Å². The molecule has 0 saturated carbocycles. The molecule has 12 rings (SSSR count). The van der Waals surface area contributed by atoms with Crippen LogP contribution >= 0.6 is 0 Å². The lowest BCUT2D eigenvalue weighted by Gasteiger charge is -2.32. The van der Waals surface area contributed by atoms with E-state index in [-0.39, 0.29) is 53.0 Å². The summed E-state index contributed by atoms with van der Waals surface area (Å²) in [6, 6.07) is 32.4. The van der Waals surface area contributed by atoms with E-state index in [9.17, 15) is 19.2 Å². The molecule has 4 aliphatic rings. The maximum atomic E-state index is 12.9. The summed E-state index contributed by atoms with van der Waals surface area (Å²) in [5.74, 6) is 0.969. The van der Waals surface area contributed by atoms with Gasteiger partial charge in [0.25, 0.3) is 11.1 Å². The second kappa shape index (κ2) is 21.7. The van der Waals surface area contributed by atoms with Gasteiger partial charge in [0.15, 0.2) is 11.6 Å². The Balaban J connectivity index is 0.000000158. The number of aromatic nitrogens is 8. The summed E-state index contributed by atoms with van der Waals surface area (Å²) >= 11 is 0. The summed E-state index contributed by atoms with van der Waals surface area (Å²) in [6.07, 6.45) is 9.62. The fourth-order valence-electron chi connectivity index (χ4n) is 10.7. The number of amides is 1. The minimum atomic E-state index is -0.981. The van der Waals surface area contributed by atoms with Crippen molar-refractivity contribution in [1.29, 1.82) is 0 Å². The molecule has 19 heteroatoms. The summed E-state index contributed by atoms with van der Waals surface area (Å²) in [4.78, 5) is 48.8. The van der Waals surface area contributed by atoms with Crippen LogP contribution in [-0.4, -0.2) is 100 Å². The monoisotopic (exact) mass is 1010 g/mol. The highest BCUT2D eigenvalue weighted by Crippen LogP contribution is 2.36. The van der Waals surface area contributed by atoms with Crippen LogP contribution in [0.4, 0.5) is 11.6 Å². The molecule has 4 aromatic carbocycles. The number of carbonyl (C=O) groups is 2. The number of nitrogen functional groups attached to an aromatic ring is 2. The Kier molecular flexibility index (Phi) is 14.4. The number of nitrogens with one attached hydrogen (secondary N) is 3. The van der Waals surface area contributed by atoms with Crippen LogP contribution < -0.4 is 37.4 Å². The number of anilines is 2. The predicted molar refractivity (Wildman–Crippen MR) is 287 cm³/mol. The van der Waals surface area contributed by atoms with Gasteiger partial charge in [-0.2, -0.15) is 20.4 Å². The highest BCUT2D eigenvalue weighted by atomic mass is 16.5. The van der Waals surface area contributed by atoms with Crippen molar-refractivity contribution in [2.45, 2.75) is 75.7 Å². The van der Waals surface area contributed by atoms with Gasteiger partial charge < -0.3 is 36.3 Å². The normalized spacial score (nSPS) is 17.3. The van der Waals surface area contributed by atoms with Gasteiger partial charge in [-0.1, -0.05) is 61.7 Å². The van der Waals surface area contributed by atoms with E-state index in [1.54, 1.807) is 9.58 Å². The molecule has 2 aliphatic heterocycles. The van der Waals surface area contributed by atoms with Gasteiger partial charge in [-0.25, -0.2) is 15.0 Å². The van der Waals surface area contributed by atoms with Crippen LogP contribution in [0.15, 0.2) is 132 Å². The molecule has 2 saturated heterocycles. The number of carbonyl (C=O) groups excluding carboxylic acids is 1. The number of H-pyrrole nitrogens is 2. The standard InChI is InChI=1S/C28H28N6O3.C25H26N6O2.C3H4O2/c1-2-23(35)33-13-5-8-20(16-33)34-26-24(27(29)30-31-28(26)36)25(32-34)17-9-11-21(12-10-17)37-22-14-18-6-3-4-7-19(18)15-22;26-24-21-22(30-31(18-6-3-11-27-14-18)23(21)25(32)29-28-24)15-7-9-19(10-8-15)33-20-12-16-4-1-2-5-17(16)13-20;1-2-3(4)5/h2-4,6-7,9-12,20,22H,1,5,8,13-16H2,(H2,29,30)(H,31,36);1-2,4-5,7-10,18,20,27H,3,6,11-14H2,(H2,26,28)(H,29,32);2H,1H2,(H,4,5)/t20-;18-;/m11./s1. The molecule has 4 aromatic heterocycles. The Morgan fingerprint density at radius 3 is 1.49 bits per heavy atom. The Hall–Kier alpha value is -8.84. The zero-order valence-corrected chi connectivity index (χ0v) is 41.3. The molecule has 19 nitrogen and oxygen atoms in total. The van der Waals surface area contributed by atoms with Gasteiger partial charge in [-0.3, -0.25) is 23.7 Å². The lowest BCUT2D eigenvalue weighted by Crippen LogP contribution is -2.40. The van der Waals surface area contributed by atoms with Crippen LogP contribution in [0.2, 0.25) is 0 Å². The van der Waals surface area contributed by atoms with Crippen molar-refractivity contribution in [1.82, 2.24) is 50.2 Å². The number of hydrogen-bond donors (Lipinski definition) is 6. The summed E-state index contributed by atoms with van der Waals surface area (Å²) in [7, 11) is 0. The van der Waals surface area contributed by atoms with Crippen LogP contribution in [0.25, 0.3) is 44.3 Å². The van der Waals surface area contributed by atoms with Crippen LogP contribution in [0, 0.1) is 0 Å². The number of fused-ring (bicyclic) bond motifs is 4. The number of aromatic amines is 2. The first-order valence-electron chi connectivity index (χ1n) is 25.1. The third-order valence-electron chi connectivity index (χ3n) is 14.2. The van der Waals surface area contributed by atoms with E-state index in [0.29, 0.717) is 46.3 Å². The Morgan fingerprint density at radius 2 is 1.08 bits per heavy atom. The lowest BCUT2D eigenvalue weighted by atomic mass is 10.1. The molecule has 1 amide bonds. The Morgan fingerprint density at radius 1 is 0.640 bits per heavy atom. The maximum Gasteiger partial charge on any atom is 0.327 e. The van der Waals surface area contributed by atoms with E-state index in [4.69, 9.17) is 36.2 Å². The maximum absolute atomic E-state index is 12.9. The largest absolute Gasteiger partial charge is 0.490 e.